The van der Waals surface area contributed by atoms with E-state index in [0.29, 0.717) is 6.61 Å². The van der Waals surface area contributed by atoms with E-state index in [2.05, 4.69) is 31.2 Å². The quantitative estimate of drug-likeness (QED) is 0.610. The molecule has 0 amide bonds. The second-order valence-corrected chi connectivity index (χ2v) is 7.31. The van der Waals surface area contributed by atoms with Gasteiger partial charge in [0.25, 0.3) is 0 Å². The van der Waals surface area contributed by atoms with Gasteiger partial charge in [-0.1, -0.05) is 54.8 Å². The van der Waals surface area contributed by atoms with Crippen molar-refractivity contribution >= 4 is 31.0 Å². The van der Waals surface area contributed by atoms with Crippen LogP contribution in [-0.4, -0.2) is 20.4 Å². The Bertz CT molecular complexity index is 757. The lowest BCUT2D eigenvalue weighted by Crippen LogP contribution is -2.18. The lowest BCUT2D eigenvalue weighted by atomic mass is 9.85. The zero-order valence-electron chi connectivity index (χ0n) is 14.2. The molecule has 2 nitrogen and oxygen atoms in total. The molecule has 24 heavy (non-hydrogen) atoms. The number of rotatable bonds is 5. The van der Waals surface area contributed by atoms with Gasteiger partial charge < -0.3 is 4.74 Å². The zero-order chi connectivity index (χ0) is 17.1. The summed E-state index contributed by atoms with van der Waals surface area (Å²) in [5.74, 6) is -0.201. The van der Waals surface area contributed by atoms with Crippen molar-refractivity contribution in [3.05, 3.63) is 53.1 Å². The van der Waals surface area contributed by atoms with Crippen molar-refractivity contribution in [1.29, 1.82) is 0 Å². The van der Waals surface area contributed by atoms with Crippen molar-refractivity contribution in [1.82, 2.24) is 0 Å². The Morgan fingerprint density at radius 2 is 1.88 bits per heavy atom. The maximum Gasteiger partial charge on any atom is 0.302 e. The number of unbranched alkanes of at least 4 members (excludes halogenated alkanes) is 1. The van der Waals surface area contributed by atoms with Gasteiger partial charge in [0, 0.05) is 22.6 Å². The Morgan fingerprint density at radius 1 is 1.17 bits per heavy atom. The van der Waals surface area contributed by atoms with Gasteiger partial charge in [-0.15, -0.1) is 0 Å². The van der Waals surface area contributed by atoms with Crippen LogP contribution in [0.1, 0.15) is 49.3 Å². The van der Waals surface area contributed by atoms with E-state index in [9.17, 15) is 4.79 Å². The number of hydrogen-bond acceptors (Lipinski definition) is 3. The number of benzene rings is 2. The van der Waals surface area contributed by atoms with E-state index in [4.69, 9.17) is 12.6 Å². The highest BCUT2D eigenvalue weighted by atomic mass is 32.2. The van der Waals surface area contributed by atoms with Gasteiger partial charge in [0.15, 0.2) is 0 Å². The fourth-order valence-electron chi connectivity index (χ4n) is 3.10. The molecular formula is C20H21BO2S. The van der Waals surface area contributed by atoms with Gasteiger partial charge in [-0.05, 0) is 41.7 Å². The van der Waals surface area contributed by atoms with Crippen LogP contribution in [0, 0.1) is 0 Å². The summed E-state index contributed by atoms with van der Waals surface area (Å²) < 4.78 is 5.37. The predicted molar refractivity (Wildman–Crippen MR) is 99.5 cm³/mol. The summed E-state index contributed by atoms with van der Waals surface area (Å²) in [6, 6.07) is 12.7. The molecule has 1 aliphatic rings. The molecule has 0 saturated carbocycles. The number of aryl methyl sites for hydroxylation is 1. The van der Waals surface area contributed by atoms with Crippen molar-refractivity contribution in [3.8, 4) is 0 Å². The molecule has 1 aliphatic heterocycles. The van der Waals surface area contributed by atoms with Crippen LogP contribution in [0.15, 0.2) is 46.2 Å². The summed E-state index contributed by atoms with van der Waals surface area (Å²) in [5, 5.41) is 0. The molecule has 2 aromatic carbocycles. The maximum absolute atomic E-state index is 11.3. The van der Waals surface area contributed by atoms with E-state index in [1.165, 1.54) is 40.7 Å². The molecule has 4 heteroatoms. The lowest BCUT2D eigenvalue weighted by Gasteiger charge is -2.28. The smallest absolute Gasteiger partial charge is 0.302 e. The summed E-state index contributed by atoms with van der Waals surface area (Å²) in [6.45, 7) is 4.02. The fraction of sp³-hybridized carbons (Fsp3) is 0.350. The van der Waals surface area contributed by atoms with Crippen molar-refractivity contribution in [2.75, 3.05) is 6.61 Å². The van der Waals surface area contributed by atoms with Gasteiger partial charge in [-0.3, -0.25) is 4.79 Å². The van der Waals surface area contributed by atoms with E-state index >= 15 is 0 Å². The Labute approximate surface area is 149 Å². The molecule has 0 spiro atoms. The zero-order valence-corrected chi connectivity index (χ0v) is 15.0. The molecular weight excluding hydrogens is 315 g/mol. The first-order valence-electron chi connectivity index (χ1n) is 8.42. The number of hydrogen-bond donors (Lipinski definition) is 0. The third-order valence-electron chi connectivity index (χ3n) is 4.35. The Kier molecular flexibility index (Phi) is 5.35. The van der Waals surface area contributed by atoms with Crippen LogP contribution in [0.25, 0.3) is 0 Å². The van der Waals surface area contributed by atoms with E-state index < -0.39 is 0 Å². The minimum atomic E-state index is -0.248. The van der Waals surface area contributed by atoms with Crippen LogP contribution in [-0.2, 0) is 16.0 Å². The Hall–Kier alpha value is -1.68. The summed E-state index contributed by atoms with van der Waals surface area (Å²) in [6.07, 6.45) is 3.45. The molecule has 2 aromatic rings. The molecule has 0 bridgehead atoms. The Balaban J connectivity index is 2.00. The monoisotopic (exact) mass is 336 g/mol. The summed E-state index contributed by atoms with van der Waals surface area (Å²) in [5.41, 5.74) is 4.48. The highest BCUT2D eigenvalue weighted by Crippen LogP contribution is 2.46. The van der Waals surface area contributed by atoms with Crippen molar-refractivity contribution in [2.24, 2.45) is 0 Å². The molecule has 1 atom stereocenters. The molecule has 2 radical (unpaired) electrons. The predicted octanol–water partition coefficient (Wildman–Crippen LogP) is 3.98. The third kappa shape index (κ3) is 3.69. The van der Waals surface area contributed by atoms with Gasteiger partial charge in [0.2, 0.25) is 0 Å². The van der Waals surface area contributed by atoms with Gasteiger partial charge in [-0.25, -0.2) is 0 Å². The summed E-state index contributed by atoms with van der Waals surface area (Å²) in [7, 11) is 6.00. The largest absolute Gasteiger partial charge is 0.465 e. The molecule has 1 unspecified atom stereocenters. The second kappa shape index (κ2) is 7.48. The molecule has 1 heterocycles. The van der Waals surface area contributed by atoms with E-state index in [1.807, 2.05) is 12.1 Å². The van der Waals surface area contributed by atoms with Crippen molar-refractivity contribution in [3.63, 3.8) is 0 Å². The third-order valence-corrected chi connectivity index (χ3v) is 5.53. The molecule has 3 rings (SSSR count). The number of carbonyl (C=O) groups is 1. The van der Waals surface area contributed by atoms with E-state index in [1.54, 1.807) is 11.8 Å². The maximum atomic E-state index is 11.3. The first-order valence-corrected chi connectivity index (χ1v) is 9.23. The fourth-order valence-corrected chi connectivity index (χ4v) is 4.25. The average Bonchev–Trinajstić information content (AvgIpc) is 2.56. The van der Waals surface area contributed by atoms with Crippen LogP contribution < -0.4 is 5.46 Å². The molecule has 0 saturated heterocycles. The summed E-state index contributed by atoms with van der Waals surface area (Å²) >= 11 is 1.77. The van der Waals surface area contributed by atoms with Gasteiger partial charge in [0.05, 0.1) is 0 Å². The highest BCUT2D eigenvalue weighted by Gasteiger charge is 2.27. The Morgan fingerprint density at radius 3 is 2.58 bits per heavy atom. The van der Waals surface area contributed by atoms with Crippen molar-refractivity contribution < 1.29 is 9.53 Å². The number of carbonyl (C=O) groups excluding carboxylic acids is 1. The first kappa shape index (κ1) is 17.2. The average molecular weight is 336 g/mol. The van der Waals surface area contributed by atoms with Crippen molar-refractivity contribution in [2.45, 2.75) is 48.8 Å². The minimum absolute atomic E-state index is 0.0465. The van der Waals surface area contributed by atoms with E-state index in [-0.39, 0.29) is 11.9 Å². The molecule has 0 aliphatic carbocycles. The standard InChI is InChI=1S/C20H21BO2S/c1-3-4-5-14-6-8-19-16(10-14)18(12-23-13(2)22)17-11-15(21)7-9-20(17)24-19/h6-11,18H,3-5,12H2,1-2H3. The first-order chi connectivity index (χ1) is 11.6. The van der Waals surface area contributed by atoms with E-state index in [0.717, 1.165) is 17.4 Å². The highest BCUT2D eigenvalue weighted by molar-refractivity contribution is 7.99. The SMILES string of the molecule is [B]c1ccc2c(c1)C(COC(C)=O)c1cc(CCCC)ccc1S2. The summed E-state index contributed by atoms with van der Waals surface area (Å²) in [4.78, 5) is 13.8. The minimum Gasteiger partial charge on any atom is -0.465 e. The van der Waals surface area contributed by atoms with Gasteiger partial charge >= 0.3 is 5.97 Å². The lowest BCUT2D eigenvalue weighted by molar-refractivity contribution is -0.141. The normalized spacial score (nSPS) is 15.5. The molecule has 0 aromatic heterocycles. The van der Waals surface area contributed by atoms with Crippen LogP contribution in [0.4, 0.5) is 0 Å². The number of ether oxygens (including phenoxy) is 1. The van der Waals surface area contributed by atoms with Crippen LogP contribution in [0.3, 0.4) is 0 Å². The van der Waals surface area contributed by atoms with Crippen LogP contribution in [0.2, 0.25) is 0 Å². The van der Waals surface area contributed by atoms with Gasteiger partial charge in [0.1, 0.15) is 14.5 Å². The topological polar surface area (TPSA) is 26.3 Å². The number of fused-ring (bicyclic) bond motifs is 2. The van der Waals surface area contributed by atoms with Crippen LogP contribution in [0.5, 0.6) is 0 Å². The van der Waals surface area contributed by atoms with Gasteiger partial charge in [-0.2, -0.15) is 0 Å². The number of esters is 1. The van der Waals surface area contributed by atoms with Crippen LogP contribution >= 0.6 is 11.8 Å². The molecule has 0 N–H and O–H groups in total. The molecule has 0 fully saturated rings. The second-order valence-electron chi connectivity index (χ2n) is 6.23. The molecule has 122 valence electrons.